The number of hydrogen-bond donors (Lipinski definition) is 2. The van der Waals surface area contributed by atoms with Crippen LogP contribution >= 0.6 is 35.3 Å². The Kier molecular flexibility index (Phi) is 8.40. The molecule has 2 N–H and O–H groups in total. The summed E-state index contributed by atoms with van der Waals surface area (Å²) in [6.07, 6.45) is 0.945. The van der Waals surface area contributed by atoms with E-state index in [0.29, 0.717) is 0 Å². The van der Waals surface area contributed by atoms with Crippen molar-refractivity contribution in [2.24, 2.45) is 12.0 Å². The monoisotopic (exact) mass is 475 g/mol. The van der Waals surface area contributed by atoms with Crippen molar-refractivity contribution in [1.29, 1.82) is 0 Å². The van der Waals surface area contributed by atoms with E-state index in [-0.39, 0.29) is 29.4 Å². The second-order valence-corrected chi connectivity index (χ2v) is 7.68. The largest absolute Gasteiger partial charge is 0.356 e. The molecule has 7 heteroatoms. The molecule has 0 radical (unpaired) electrons. The first-order valence-corrected chi connectivity index (χ1v) is 9.20. The molecular formula is C18H30IN5S. The van der Waals surface area contributed by atoms with E-state index in [4.69, 9.17) is 0 Å². The quantitative estimate of drug-likeness (QED) is 0.383. The summed E-state index contributed by atoms with van der Waals surface area (Å²) in [4.78, 5) is 5.71. The van der Waals surface area contributed by atoms with Crippen LogP contribution in [0.25, 0.3) is 0 Å². The van der Waals surface area contributed by atoms with Crippen LogP contribution in [-0.2, 0) is 18.9 Å². The average Bonchev–Trinajstić information content (AvgIpc) is 3.15. The molecule has 2 aromatic rings. The molecular weight excluding hydrogens is 445 g/mol. The molecule has 140 valence electrons. The summed E-state index contributed by atoms with van der Waals surface area (Å²) < 4.78 is 1.95. The van der Waals surface area contributed by atoms with Crippen molar-refractivity contribution in [3.63, 3.8) is 0 Å². The third-order valence-electron chi connectivity index (χ3n) is 4.44. The molecule has 2 aromatic heterocycles. The first-order valence-electron chi connectivity index (χ1n) is 8.32. The summed E-state index contributed by atoms with van der Waals surface area (Å²) in [5.41, 5.74) is 3.75. The zero-order valence-corrected chi connectivity index (χ0v) is 19.2. The summed E-state index contributed by atoms with van der Waals surface area (Å²) in [6, 6.07) is 4.30. The highest BCUT2D eigenvalue weighted by molar-refractivity contribution is 14.0. The molecule has 0 fully saturated rings. The molecule has 0 aliphatic rings. The fourth-order valence-corrected chi connectivity index (χ4v) is 3.61. The first-order chi connectivity index (χ1) is 11.3. The third kappa shape index (κ3) is 5.70. The van der Waals surface area contributed by atoms with Gasteiger partial charge < -0.3 is 10.6 Å². The molecule has 0 bridgehead atoms. The Morgan fingerprint density at radius 2 is 2.04 bits per heavy atom. The lowest BCUT2D eigenvalue weighted by Crippen LogP contribution is -2.43. The van der Waals surface area contributed by atoms with Crippen LogP contribution in [0.3, 0.4) is 0 Å². The molecule has 0 aliphatic heterocycles. The Hall–Kier alpha value is -1.09. The Balaban J connectivity index is 0.00000312. The van der Waals surface area contributed by atoms with Crippen molar-refractivity contribution >= 4 is 41.3 Å². The molecule has 0 aromatic carbocycles. The molecule has 0 saturated carbocycles. The molecule has 0 aliphatic carbocycles. The lowest BCUT2D eigenvalue weighted by Gasteiger charge is -2.25. The van der Waals surface area contributed by atoms with E-state index in [2.05, 4.69) is 65.9 Å². The summed E-state index contributed by atoms with van der Waals surface area (Å²) >= 11 is 1.80. The minimum atomic E-state index is 0. The SMILES string of the molecule is CN=C(NCCc1c(C)nn(C)c1C)NCC(C)(C)c1cccs1.I. The number of hydrogen-bond acceptors (Lipinski definition) is 3. The van der Waals surface area contributed by atoms with Crippen molar-refractivity contribution < 1.29 is 0 Å². The molecule has 2 heterocycles. The average molecular weight is 475 g/mol. The Labute approximate surface area is 172 Å². The van der Waals surface area contributed by atoms with Gasteiger partial charge in [-0.1, -0.05) is 19.9 Å². The number of nitrogens with one attached hydrogen (secondary N) is 2. The molecule has 0 unspecified atom stereocenters. The van der Waals surface area contributed by atoms with Gasteiger partial charge in [0.1, 0.15) is 0 Å². The van der Waals surface area contributed by atoms with Crippen LogP contribution in [-0.4, -0.2) is 35.9 Å². The van der Waals surface area contributed by atoms with E-state index in [0.717, 1.165) is 31.2 Å². The van der Waals surface area contributed by atoms with Gasteiger partial charge in [-0.15, -0.1) is 35.3 Å². The predicted octanol–water partition coefficient (Wildman–Crippen LogP) is 3.40. The van der Waals surface area contributed by atoms with E-state index in [1.807, 2.05) is 18.8 Å². The standard InChI is InChI=1S/C18H29N5S.HI/c1-13-15(14(2)23(6)22-13)9-10-20-17(19-5)21-12-18(3,4)16-8-7-11-24-16;/h7-8,11H,9-10,12H2,1-6H3,(H2,19,20,21);1H. The van der Waals surface area contributed by atoms with Crippen molar-refractivity contribution in [1.82, 2.24) is 20.4 Å². The van der Waals surface area contributed by atoms with E-state index in [9.17, 15) is 0 Å². The number of aryl methyl sites for hydroxylation is 2. The number of nitrogens with zero attached hydrogens (tertiary/aromatic N) is 3. The van der Waals surface area contributed by atoms with Crippen LogP contribution in [0, 0.1) is 13.8 Å². The summed E-state index contributed by atoms with van der Waals surface area (Å²) in [5, 5.41) is 13.4. The Morgan fingerprint density at radius 1 is 1.32 bits per heavy atom. The predicted molar refractivity (Wildman–Crippen MR) is 119 cm³/mol. The number of halogens is 1. The second kappa shape index (κ2) is 9.56. The fraction of sp³-hybridized carbons (Fsp3) is 0.556. The zero-order chi connectivity index (χ0) is 17.7. The third-order valence-corrected chi connectivity index (χ3v) is 5.67. The van der Waals surface area contributed by atoms with Crippen LogP contribution in [0.1, 0.15) is 35.7 Å². The summed E-state index contributed by atoms with van der Waals surface area (Å²) in [6.45, 7) is 10.4. The fourth-order valence-electron chi connectivity index (χ4n) is 2.76. The van der Waals surface area contributed by atoms with Crippen molar-refractivity contribution in [3.8, 4) is 0 Å². The summed E-state index contributed by atoms with van der Waals surface area (Å²) in [5.74, 6) is 0.846. The van der Waals surface area contributed by atoms with E-state index >= 15 is 0 Å². The molecule has 0 spiro atoms. The maximum atomic E-state index is 4.47. The van der Waals surface area contributed by atoms with Gasteiger partial charge in [0.25, 0.3) is 0 Å². The van der Waals surface area contributed by atoms with E-state index < -0.39 is 0 Å². The molecule has 0 saturated heterocycles. The van der Waals surface area contributed by atoms with Gasteiger partial charge in [0, 0.05) is 43.2 Å². The highest BCUT2D eigenvalue weighted by Crippen LogP contribution is 2.26. The van der Waals surface area contributed by atoms with Crippen LogP contribution in [0.2, 0.25) is 0 Å². The molecule has 0 atom stereocenters. The van der Waals surface area contributed by atoms with Gasteiger partial charge >= 0.3 is 0 Å². The van der Waals surface area contributed by atoms with Gasteiger partial charge in [0.15, 0.2) is 5.96 Å². The second-order valence-electron chi connectivity index (χ2n) is 6.74. The lowest BCUT2D eigenvalue weighted by atomic mass is 9.91. The minimum Gasteiger partial charge on any atom is -0.356 e. The van der Waals surface area contributed by atoms with Crippen LogP contribution < -0.4 is 10.6 Å². The normalized spacial score (nSPS) is 12.0. The highest BCUT2D eigenvalue weighted by Gasteiger charge is 2.21. The van der Waals surface area contributed by atoms with Gasteiger partial charge in [-0.05, 0) is 37.3 Å². The van der Waals surface area contributed by atoms with Crippen LogP contribution in [0.4, 0.5) is 0 Å². The maximum Gasteiger partial charge on any atom is 0.191 e. The van der Waals surface area contributed by atoms with E-state index in [1.165, 1.54) is 16.1 Å². The number of thiophene rings is 1. The lowest BCUT2D eigenvalue weighted by molar-refractivity contribution is 0.518. The highest BCUT2D eigenvalue weighted by atomic mass is 127. The molecule has 5 nitrogen and oxygen atoms in total. The zero-order valence-electron chi connectivity index (χ0n) is 16.0. The van der Waals surface area contributed by atoms with Crippen molar-refractivity contribution in [3.05, 3.63) is 39.3 Å². The minimum absolute atomic E-state index is 0. The first kappa shape index (κ1) is 22.0. The van der Waals surface area contributed by atoms with Gasteiger partial charge in [0.05, 0.1) is 5.69 Å². The van der Waals surface area contributed by atoms with Crippen molar-refractivity contribution in [2.75, 3.05) is 20.1 Å². The molecule has 2 rings (SSSR count). The smallest absolute Gasteiger partial charge is 0.191 e. The van der Waals surface area contributed by atoms with Gasteiger partial charge in [0.2, 0.25) is 0 Å². The summed E-state index contributed by atoms with van der Waals surface area (Å²) in [7, 11) is 3.81. The van der Waals surface area contributed by atoms with E-state index in [1.54, 1.807) is 11.3 Å². The van der Waals surface area contributed by atoms with Gasteiger partial charge in [-0.25, -0.2) is 0 Å². The maximum absolute atomic E-state index is 4.47. The number of guanidine groups is 1. The number of aliphatic imine (C=N–C) groups is 1. The molecule has 0 amide bonds. The van der Waals surface area contributed by atoms with Crippen LogP contribution in [0.5, 0.6) is 0 Å². The Bertz CT molecular complexity index is 689. The van der Waals surface area contributed by atoms with Crippen molar-refractivity contribution in [2.45, 2.75) is 39.5 Å². The Morgan fingerprint density at radius 3 is 2.56 bits per heavy atom. The topological polar surface area (TPSA) is 54.2 Å². The number of rotatable bonds is 6. The van der Waals surface area contributed by atoms with Crippen LogP contribution in [0.15, 0.2) is 22.5 Å². The molecule has 25 heavy (non-hydrogen) atoms. The number of aromatic nitrogens is 2. The van der Waals surface area contributed by atoms with Gasteiger partial charge in [-0.3, -0.25) is 9.67 Å². The van der Waals surface area contributed by atoms with Gasteiger partial charge in [-0.2, -0.15) is 5.10 Å².